The lowest BCUT2D eigenvalue weighted by Crippen LogP contribution is -2.37. The molecule has 0 aliphatic rings. The van der Waals surface area contributed by atoms with Crippen LogP contribution in [-0.4, -0.2) is 37.0 Å². The predicted octanol–water partition coefficient (Wildman–Crippen LogP) is 3.21. The van der Waals surface area contributed by atoms with Gasteiger partial charge in [0.2, 0.25) is 5.91 Å². The third-order valence-corrected chi connectivity index (χ3v) is 3.96. The average molecular weight is 376 g/mol. The van der Waals surface area contributed by atoms with Crippen LogP contribution in [0.3, 0.4) is 0 Å². The Hall–Kier alpha value is -2.80. The maximum absolute atomic E-state index is 13.7. The zero-order chi connectivity index (χ0) is 19.8. The van der Waals surface area contributed by atoms with E-state index in [2.05, 4.69) is 5.32 Å². The maximum atomic E-state index is 13.7. The summed E-state index contributed by atoms with van der Waals surface area (Å²) in [6.07, 6.45) is 0. The highest BCUT2D eigenvalue weighted by molar-refractivity contribution is 5.92. The molecule has 1 amide bonds. The van der Waals surface area contributed by atoms with Crippen LogP contribution in [0.4, 0.5) is 14.5 Å². The molecule has 1 unspecified atom stereocenters. The number of esters is 1. The average Bonchev–Trinajstić information content (AvgIpc) is 2.64. The lowest BCUT2D eigenvalue weighted by Gasteiger charge is -2.24. The Labute approximate surface area is 156 Å². The quantitative estimate of drug-likeness (QED) is 0.719. The van der Waals surface area contributed by atoms with Gasteiger partial charge in [0.15, 0.2) is 0 Å². The van der Waals surface area contributed by atoms with Crippen molar-refractivity contribution in [2.45, 2.75) is 13.5 Å². The molecule has 144 valence electrons. The van der Waals surface area contributed by atoms with Gasteiger partial charge in [0, 0.05) is 19.2 Å². The van der Waals surface area contributed by atoms with E-state index in [-0.39, 0.29) is 18.2 Å². The molecule has 0 aliphatic carbocycles. The van der Waals surface area contributed by atoms with E-state index in [1.807, 2.05) is 30.3 Å². The van der Waals surface area contributed by atoms with E-state index in [0.717, 1.165) is 11.6 Å². The number of halogens is 2. The van der Waals surface area contributed by atoms with Crippen molar-refractivity contribution in [3.05, 3.63) is 65.7 Å². The van der Waals surface area contributed by atoms with Crippen LogP contribution < -0.4 is 5.32 Å². The molecule has 0 radical (unpaired) electrons. The molecule has 0 heterocycles. The van der Waals surface area contributed by atoms with Crippen molar-refractivity contribution in [1.82, 2.24) is 4.90 Å². The fraction of sp³-hybridized carbons (Fsp3) is 0.300. The molecule has 27 heavy (non-hydrogen) atoms. The van der Waals surface area contributed by atoms with Crippen LogP contribution in [0.2, 0.25) is 0 Å². The molecular weight excluding hydrogens is 354 g/mol. The molecule has 0 bridgehead atoms. The molecule has 0 fully saturated rings. The summed E-state index contributed by atoms with van der Waals surface area (Å²) < 4.78 is 31.5. The number of anilines is 1. The minimum atomic E-state index is -0.846. The number of rotatable bonds is 8. The number of amides is 1. The minimum absolute atomic E-state index is 0.0625. The molecule has 7 heteroatoms. The van der Waals surface area contributed by atoms with Gasteiger partial charge in [-0.1, -0.05) is 37.3 Å². The van der Waals surface area contributed by atoms with Gasteiger partial charge in [-0.05, 0) is 17.7 Å². The first-order valence-electron chi connectivity index (χ1n) is 8.48. The Bertz CT molecular complexity index is 784. The largest absolute Gasteiger partial charge is 0.469 e. The van der Waals surface area contributed by atoms with Gasteiger partial charge in [-0.3, -0.25) is 14.5 Å². The summed E-state index contributed by atoms with van der Waals surface area (Å²) >= 11 is 0. The summed E-state index contributed by atoms with van der Waals surface area (Å²) in [6, 6.07) is 12.4. The van der Waals surface area contributed by atoms with Gasteiger partial charge in [-0.2, -0.15) is 0 Å². The molecular formula is C20H22F2N2O3. The van der Waals surface area contributed by atoms with E-state index in [4.69, 9.17) is 4.74 Å². The lowest BCUT2D eigenvalue weighted by molar-refractivity contribution is -0.145. The molecule has 0 saturated heterocycles. The van der Waals surface area contributed by atoms with Crippen LogP contribution >= 0.6 is 0 Å². The van der Waals surface area contributed by atoms with Gasteiger partial charge in [0.25, 0.3) is 0 Å². The van der Waals surface area contributed by atoms with Crippen molar-refractivity contribution in [2.75, 3.05) is 25.5 Å². The van der Waals surface area contributed by atoms with Crippen LogP contribution in [0.1, 0.15) is 12.5 Å². The Morgan fingerprint density at radius 2 is 1.85 bits per heavy atom. The zero-order valence-electron chi connectivity index (χ0n) is 15.2. The van der Waals surface area contributed by atoms with Crippen molar-refractivity contribution in [1.29, 1.82) is 0 Å². The number of carbonyl (C=O) groups is 2. The molecule has 0 aromatic heterocycles. The second kappa shape index (κ2) is 9.78. The first-order chi connectivity index (χ1) is 12.9. The van der Waals surface area contributed by atoms with E-state index in [0.29, 0.717) is 19.2 Å². The van der Waals surface area contributed by atoms with E-state index >= 15 is 0 Å². The highest BCUT2D eigenvalue weighted by atomic mass is 19.1. The van der Waals surface area contributed by atoms with Crippen molar-refractivity contribution >= 4 is 17.6 Å². The second-order valence-corrected chi connectivity index (χ2v) is 6.25. The number of carbonyl (C=O) groups excluding carboxylic acids is 2. The van der Waals surface area contributed by atoms with E-state index in [1.165, 1.54) is 13.2 Å². The number of hydrogen-bond donors (Lipinski definition) is 1. The number of benzene rings is 2. The molecule has 5 nitrogen and oxygen atoms in total. The van der Waals surface area contributed by atoms with E-state index in [1.54, 1.807) is 11.8 Å². The minimum Gasteiger partial charge on any atom is -0.469 e. The van der Waals surface area contributed by atoms with Crippen molar-refractivity contribution in [3.8, 4) is 0 Å². The highest BCUT2D eigenvalue weighted by Crippen LogP contribution is 2.15. The van der Waals surface area contributed by atoms with Crippen molar-refractivity contribution in [2.24, 2.45) is 5.92 Å². The summed E-state index contributed by atoms with van der Waals surface area (Å²) in [6.45, 7) is 2.37. The number of methoxy groups -OCH3 is 1. The highest BCUT2D eigenvalue weighted by Gasteiger charge is 2.20. The number of hydrogen-bond acceptors (Lipinski definition) is 4. The van der Waals surface area contributed by atoms with Crippen molar-refractivity contribution < 1.29 is 23.1 Å². The molecule has 2 rings (SSSR count). The Kier molecular flexibility index (Phi) is 7.43. The molecule has 2 aromatic rings. The van der Waals surface area contributed by atoms with Crippen LogP contribution in [0.25, 0.3) is 0 Å². The molecule has 0 aliphatic heterocycles. The van der Waals surface area contributed by atoms with Gasteiger partial charge in [0.05, 0.1) is 25.3 Å². The second-order valence-electron chi connectivity index (χ2n) is 6.25. The zero-order valence-corrected chi connectivity index (χ0v) is 15.2. The SMILES string of the molecule is COC(=O)C(C)CN(CC(=O)Nc1ccc(F)cc1F)Cc1ccccc1. The van der Waals surface area contributed by atoms with Crippen LogP contribution in [-0.2, 0) is 20.9 Å². The molecule has 1 N–H and O–H groups in total. The number of ether oxygens (including phenoxy) is 1. The normalized spacial score (nSPS) is 11.9. The fourth-order valence-electron chi connectivity index (χ4n) is 2.67. The van der Waals surface area contributed by atoms with Gasteiger partial charge in [-0.25, -0.2) is 8.78 Å². The monoisotopic (exact) mass is 376 g/mol. The molecule has 1 atom stereocenters. The van der Waals surface area contributed by atoms with E-state index in [9.17, 15) is 18.4 Å². The molecule has 0 saturated carbocycles. The topological polar surface area (TPSA) is 58.6 Å². The van der Waals surface area contributed by atoms with Crippen LogP contribution in [0.5, 0.6) is 0 Å². The lowest BCUT2D eigenvalue weighted by atomic mass is 10.1. The summed E-state index contributed by atoms with van der Waals surface area (Å²) in [5.74, 6) is -2.84. The fourth-order valence-corrected chi connectivity index (χ4v) is 2.67. The Morgan fingerprint density at radius 1 is 1.15 bits per heavy atom. The summed E-state index contributed by atoms with van der Waals surface area (Å²) in [5, 5.41) is 2.43. The first kappa shape index (κ1) is 20.5. The predicted molar refractivity (Wildman–Crippen MR) is 97.9 cm³/mol. The molecule has 2 aromatic carbocycles. The molecule has 0 spiro atoms. The third kappa shape index (κ3) is 6.45. The summed E-state index contributed by atoms with van der Waals surface area (Å²) in [7, 11) is 1.31. The summed E-state index contributed by atoms with van der Waals surface area (Å²) in [4.78, 5) is 25.8. The van der Waals surface area contributed by atoms with Gasteiger partial charge in [0.1, 0.15) is 11.6 Å². The van der Waals surface area contributed by atoms with Crippen LogP contribution in [0.15, 0.2) is 48.5 Å². The van der Waals surface area contributed by atoms with Crippen LogP contribution in [0, 0.1) is 17.6 Å². The number of nitrogens with one attached hydrogen (secondary N) is 1. The maximum Gasteiger partial charge on any atom is 0.309 e. The van der Waals surface area contributed by atoms with E-state index < -0.39 is 23.5 Å². The van der Waals surface area contributed by atoms with Gasteiger partial charge >= 0.3 is 5.97 Å². The van der Waals surface area contributed by atoms with Gasteiger partial charge in [-0.15, -0.1) is 0 Å². The smallest absolute Gasteiger partial charge is 0.309 e. The standard InChI is InChI=1S/C20H22F2N2O3/c1-14(20(26)27-2)11-24(12-15-6-4-3-5-7-15)13-19(25)23-18-9-8-16(21)10-17(18)22/h3-10,14H,11-13H2,1-2H3,(H,23,25). The number of nitrogens with zero attached hydrogens (tertiary/aromatic N) is 1. The third-order valence-electron chi connectivity index (χ3n) is 3.96. The Morgan fingerprint density at radius 3 is 2.48 bits per heavy atom. The first-order valence-corrected chi connectivity index (χ1v) is 8.48. The summed E-state index contributed by atoms with van der Waals surface area (Å²) in [5.41, 5.74) is 0.873. The van der Waals surface area contributed by atoms with Gasteiger partial charge < -0.3 is 10.1 Å². The van der Waals surface area contributed by atoms with Crippen molar-refractivity contribution in [3.63, 3.8) is 0 Å². The Balaban J connectivity index is 2.07.